The average Bonchev–Trinajstić information content (AvgIpc) is 3.51. The van der Waals surface area contributed by atoms with Gasteiger partial charge in [0.1, 0.15) is 11.7 Å². The maximum absolute atomic E-state index is 14.4. The lowest BCUT2D eigenvalue weighted by molar-refractivity contribution is -0.128. The fourth-order valence-corrected chi connectivity index (χ4v) is 7.35. The second-order valence-corrected chi connectivity index (χ2v) is 13.4. The van der Waals surface area contributed by atoms with E-state index in [1.165, 1.54) is 0 Å². The van der Waals surface area contributed by atoms with Crippen LogP contribution in [0, 0.1) is 24.2 Å². The Morgan fingerprint density at radius 2 is 1.91 bits per heavy atom. The molecule has 2 aliphatic carbocycles. The zero-order valence-corrected chi connectivity index (χ0v) is 21.3. The van der Waals surface area contributed by atoms with E-state index in [4.69, 9.17) is 4.98 Å². The summed E-state index contributed by atoms with van der Waals surface area (Å²) in [6.07, 6.45) is 1.32. The minimum absolute atomic E-state index is 0.144. The number of amides is 1. The maximum atomic E-state index is 14.4. The number of hydrogen-bond acceptors (Lipinski definition) is 7. The van der Waals surface area contributed by atoms with Gasteiger partial charge in [0.25, 0.3) is 0 Å². The Morgan fingerprint density at radius 1 is 1.23 bits per heavy atom. The van der Waals surface area contributed by atoms with Crippen molar-refractivity contribution >= 4 is 32.8 Å². The minimum Gasteiger partial charge on any atom is -0.369 e. The fraction of sp³-hybridized carbons (Fsp3) is 0.560. The van der Waals surface area contributed by atoms with Gasteiger partial charge in [-0.3, -0.25) is 4.79 Å². The molecular weight excluding hydrogens is 487 g/mol. The van der Waals surface area contributed by atoms with E-state index in [1.54, 1.807) is 11.3 Å². The SMILES string of the molecule is Cc1nc(C2CCC(F)CC2C(=O)NC2(C#N)CC2)c(-c2ccc(N3CCS(=O)(=O)CC3)cc2)s1. The smallest absolute Gasteiger partial charge is 0.225 e. The van der Waals surface area contributed by atoms with Crippen molar-refractivity contribution in [1.82, 2.24) is 10.3 Å². The number of anilines is 1. The number of nitrogens with zero attached hydrogens (tertiary/aromatic N) is 3. The molecule has 2 saturated carbocycles. The summed E-state index contributed by atoms with van der Waals surface area (Å²) in [6, 6.07) is 10.2. The number of carbonyl (C=O) groups excluding carboxylic acids is 1. The third kappa shape index (κ3) is 5.07. The van der Waals surface area contributed by atoms with Crippen molar-refractivity contribution in [3.63, 3.8) is 0 Å². The molecule has 2 aromatic rings. The van der Waals surface area contributed by atoms with Crippen molar-refractivity contribution in [1.29, 1.82) is 5.26 Å². The number of nitrogens with one attached hydrogen (secondary N) is 1. The topological polar surface area (TPSA) is 103 Å². The molecule has 1 aromatic carbocycles. The van der Waals surface area contributed by atoms with E-state index in [9.17, 15) is 22.9 Å². The standard InChI is InChI=1S/C25H29FN4O3S2/c1-16-28-22(20-7-4-18(26)14-21(20)24(31)29-25(15-27)8-9-25)23(34-16)17-2-5-19(6-3-17)30-10-12-35(32,33)13-11-30/h2-3,5-6,18,20-21H,4,7-14H2,1H3,(H,29,31). The Labute approximate surface area is 209 Å². The number of carbonyl (C=O) groups is 1. The first kappa shape index (κ1) is 24.2. The number of rotatable bonds is 5. The van der Waals surface area contributed by atoms with Crippen molar-refractivity contribution in [2.45, 2.75) is 56.7 Å². The van der Waals surface area contributed by atoms with Gasteiger partial charge in [-0.2, -0.15) is 5.26 Å². The van der Waals surface area contributed by atoms with Gasteiger partial charge >= 0.3 is 0 Å². The largest absolute Gasteiger partial charge is 0.369 e. The van der Waals surface area contributed by atoms with Gasteiger partial charge in [0.05, 0.1) is 33.2 Å². The first-order valence-corrected chi connectivity index (χ1v) is 14.7. The van der Waals surface area contributed by atoms with Crippen LogP contribution in [-0.2, 0) is 14.6 Å². The number of hydrogen-bond donors (Lipinski definition) is 1. The number of thiazole rings is 1. The summed E-state index contributed by atoms with van der Waals surface area (Å²) in [4.78, 5) is 21.0. The van der Waals surface area contributed by atoms with E-state index in [1.807, 2.05) is 31.2 Å². The molecular formula is C25H29FN4O3S2. The zero-order chi connectivity index (χ0) is 24.8. The molecule has 10 heteroatoms. The molecule has 1 saturated heterocycles. The van der Waals surface area contributed by atoms with Crippen molar-refractivity contribution in [3.05, 3.63) is 35.0 Å². The zero-order valence-electron chi connectivity index (χ0n) is 19.7. The normalized spacial score (nSPS) is 27.1. The number of benzene rings is 1. The number of nitriles is 1. The van der Waals surface area contributed by atoms with Gasteiger partial charge in [0, 0.05) is 30.6 Å². The van der Waals surface area contributed by atoms with Crippen molar-refractivity contribution in [3.8, 4) is 16.5 Å². The van der Waals surface area contributed by atoms with Crippen LogP contribution in [0.15, 0.2) is 24.3 Å². The Kier molecular flexibility index (Phi) is 6.34. The Bertz CT molecular complexity index is 1250. The summed E-state index contributed by atoms with van der Waals surface area (Å²) in [5, 5.41) is 13.2. The van der Waals surface area contributed by atoms with Crippen LogP contribution in [0.25, 0.3) is 10.4 Å². The van der Waals surface area contributed by atoms with Crippen LogP contribution in [0.4, 0.5) is 10.1 Å². The Morgan fingerprint density at radius 3 is 2.54 bits per heavy atom. The molecule has 0 radical (unpaired) electrons. The minimum atomic E-state index is -2.94. The fourth-order valence-electron chi connectivity index (χ4n) is 5.15. The highest BCUT2D eigenvalue weighted by Crippen LogP contribution is 2.45. The first-order chi connectivity index (χ1) is 16.7. The molecule has 5 rings (SSSR count). The predicted octanol–water partition coefficient (Wildman–Crippen LogP) is 3.75. The highest BCUT2D eigenvalue weighted by atomic mass is 32.2. The summed E-state index contributed by atoms with van der Waals surface area (Å²) in [6.45, 7) is 2.91. The molecule has 3 fully saturated rings. The molecule has 186 valence electrons. The van der Waals surface area contributed by atoms with Crippen molar-refractivity contribution < 1.29 is 17.6 Å². The van der Waals surface area contributed by atoms with E-state index in [0.717, 1.165) is 26.8 Å². The molecule has 3 aliphatic rings. The lowest BCUT2D eigenvalue weighted by atomic mass is 9.75. The van der Waals surface area contributed by atoms with E-state index < -0.39 is 27.5 Å². The molecule has 1 N–H and O–H groups in total. The molecule has 0 spiro atoms. The van der Waals surface area contributed by atoms with Crippen molar-refractivity contribution in [2.75, 3.05) is 29.5 Å². The molecule has 3 unspecified atom stereocenters. The van der Waals surface area contributed by atoms with Gasteiger partial charge in [-0.25, -0.2) is 17.8 Å². The second kappa shape index (κ2) is 9.17. The van der Waals surface area contributed by atoms with Crippen LogP contribution in [0.1, 0.15) is 48.7 Å². The lowest BCUT2D eigenvalue weighted by Crippen LogP contribution is -2.44. The molecule has 1 aliphatic heterocycles. The van der Waals surface area contributed by atoms with Gasteiger partial charge in [-0.1, -0.05) is 12.1 Å². The maximum Gasteiger partial charge on any atom is 0.225 e. The van der Waals surface area contributed by atoms with Crippen LogP contribution in [0.3, 0.4) is 0 Å². The van der Waals surface area contributed by atoms with Gasteiger partial charge in [0.15, 0.2) is 9.84 Å². The molecule has 35 heavy (non-hydrogen) atoms. The number of sulfone groups is 1. The van der Waals surface area contributed by atoms with Crippen LogP contribution in [0.2, 0.25) is 0 Å². The second-order valence-electron chi connectivity index (χ2n) is 9.94. The van der Waals surface area contributed by atoms with E-state index in [0.29, 0.717) is 38.8 Å². The highest BCUT2D eigenvalue weighted by molar-refractivity contribution is 7.91. The average molecular weight is 517 g/mol. The Hall–Kier alpha value is -2.51. The summed E-state index contributed by atoms with van der Waals surface area (Å²) >= 11 is 1.57. The molecule has 1 aromatic heterocycles. The predicted molar refractivity (Wildman–Crippen MR) is 134 cm³/mol. The summed E-state index contributed by atoms with van der Waals surface area (Å²) in [5.74, 6) is -0.673. The summed E-state index contributed by atoms with van der Waals surface area (Å²) < 4.78 is 37.9. The van der Waals surface area contributed by atoms with E-state index in [-0.39, 0.29) is 29.8 Å². The highest BCUT2D eigenvalue weighted by Gasteiger charge is 2.48. The quantitative estimate of drug-likeness (QED) is 0.649. The lowest BCUT2D eigenvalue weighted by Gasteiger charge is -2.32. The molecule has 2 heterocycles. The van der Waals surface area contributed by atoms with E-state index in [2.05, 4.69) is 16.3 Å². The van der Waals surface area contributed by atoms with Crippen LogP contribution in [0.5, 0.6) is 0 Å². The summed E-state index contributed by atoms with van der Waals surface area (Å²) in [5.41, 5.74) is 2.01. The summed E-state index contributed by atoms with van der Waals surface area (Å²) in [7, 11) is -2.94. The van der Waals surface area contributed by atoms with Gasteiger partial charge < -0.3 is 10.2 Å². The molecule has 3 atom stereocenters. The van der Waals surface area contributed by atoms with Gasteiger partial charge in [0.2, 0.25) is 5.91 Å². The van der Waals surface area contributed by atoms with Crippen LogP contribution >= 0.6 is 11.3 Å². The van der Waals surface area contributed by atoms with Gasteiger partial charge in [-0.15, -0.1) is 11.3 Å². The number of aryl methyl sites for hydroxylation is 1. The number of alkyl halides is 1. The molecule has 0 bridgehead atoms. The third-order valence-corrected chi connectivity index (χ3v) is 10.0. The number of halogens is 1. The van der Waals surface area contributed by atoms with E-state index >= 15 is 0 Å². The van der Waals surface area contributed by atoms with Crippen LogP contribution in [-0.4, -0.2) is 55.6 Å². The molecule has 7 nitrogen and oxygen atoms in total. The number of aromatic nitrogens is 1. The van der Waals surface area contributed by atoms with Crippen LogP contribution < -0.4 is 10.2 Å². The third-order valence-electron chi connectivity index (χ3n) is 7.40. The first-order valence-electron chi connectivity index (χ1n) is 12.1. The van der Waals surface area contributed by atoms with Gasteiger partial charge in [-0.05, 0) is 56.7 Å². The Balaban J connectivity index is 1.40. The molecule has 1 amide bonds. The van der Waals surface area contributed by atoms with Crippen molar-refractivity contribution in [2.24, 2.45) is 5.92 Å². The monoisotopic (exact) mass is 516 g/mol.